The van der Waals surface area contributed by atoms with Gasteiger partial charge in [0.05, 0.1) is 11.0 Å². The van der Waals surface area contributed by atoms with E-state index in [0.717, 1.165) is 12.1 Å². The highest BCUT2D eigenvalue weighted by Gasteiger charge is 2.32. The second kappa shape index (κ2) is 6.09. The Bertz CT molecular complexity index is 583. The summed E-state index contributed by atoms with van der Waals surface area (Å²) in [4.78, 5) is 0.0781. The molecule has 1 aliphatic heterocycles. The van der Waals surface area contributed by atoms with Crippen molar-refractivity contribution >= 4 is 26.0 Å². The van der Waals surface area contributed by atoms with Crippen LogP contribution in [0, 0.1) is 11.7 Å². The normalized spacial score (nSPS) is 20.0. The van der Waals surface area contributed by atoms with Gasteiger partial charge in [-0.2, -0.15) is 4.31 Å². The first-order chi connectivity index (χ1) is 9.32. The number of piperidine rings is 1. The zero-order valence-corrected chi connectivity index (χ0v) is 13.5. The summed E-state index contributed by atoms with van der Waals surface area (Å²) in [5.74, 6) is -0.346. The Morgan fingerprint density at radius 1 is 1.40 bits per heavy atom. The van der Waals surface area contributed by atoms with Gasteiger partial charge in [0.2, 0.25) is 10.0 Å². The average Bonchev–Trinajstić information content (AvgIpc) is 2.38. The largest absolute Gasteiger partial charge is 0.393 e. The van der Waals surface area contributed by atoms with Gasteiger partial charge in [-0.3, -0.25) is 0 Å². The van der Waals surface area contributed by atoms with Crippen molar-refractivity contribution in [1.29, 1.82) is 0 Å². The minimum absolute atomic E-state index is 0.0781. The Hall–Kier alpha value is -0.500. The third-order valence-corrected chi connectivity index (χ3v) is 6.57. The summed E-state index contributed by atoms with van der Waals surface area (Å²) in [6.45, 7) is 2.48. The molecule has 1 saturated heterocycles. The van der Waals surface area contributed by atoms with E-state index >= 15 is 0 Å². The number of nitrogens with zero attached hydrogens (tertiary/aromatic N) is 1. The number of aliphatic hydroxyl groups is 1. The van der Waals surface area contributed by atoms with Gasteiger partial charge < -0.3 is 5.11 Å². The molecule has 0 amide bonds. The van der Waals surface area contributed by atoms with E-state index in [9.17, 15) is 17.9 Å². The Balaban J connectivity index is 2.20. The fourth-order valence-corrected chi connectivity index (χ4v) is 4.90. The molecule has 1 aromatic rings. The van der Waals surface area contributed by atoms with Crippen molar-refractivity contribution in [2.75, 3.05) is 13.1 Å². The van der Waals surface area contributed by atoms with Crippen molar-refractivity contribution in [3.63, 3.8) is 0 Å². The van der Waals surface area contributed by atoms with E-state index in [0.29, 0.717) is 25.9 Å². The lowest BCUT2D eigenvalue weighted by Gasteiger charge is -2.32. The maximum atomic E-state index is 13.1. The van der Waals surface area contributed by atoms with Gasteiger partial charge in [-0.15, -0.1) is 0 Å². The molecule has 1 aliphatic rings. The van der Waals surface area contributed by atoms with E-state index in [1.807, 2.05) is 0 Å². The van der Waals surface area contributed by atoms with Gasteiger partial charge in [0, 0.05) is 17.6 Å². The molecule has 112 valence electrons. The Labute approximate surface area is 126 Å². The molecule has 7 heteroatoms. The molecule has 20 heavy (non-hydrogen) atoms. The Morgan fingerprint density at radius 2 is 2.00 bits per heavy atom. The highest BCUT2D eigenvalue weighted by atomic mass is 79.9. The first kappa shape index (κ1) is 15.9. The van der Waals surface area contributed by atoms with Gasteiger partial charge in [0.15, 0.2) is 0 Å². The molecule has 0 aliphatic carbocycles. The molecule has 0 saturated carbocycles. The van der Waals surface area contributed by atoms with E-state index in [2.05, 4.69) is 15.9 Å². The lowest BCUT2D eigenvalue weighted by atomic mass is 9.93. The molecule has 1 fully saturated rings. The summed E-state index contributed by atoms with van der Waals surface area (Å²) in [5, 5.41) is 9.54. The predicted octanol–water partition coefficient (Wildman–Crippen LogP) is 2.37. The average molecular weight is 366 g/mol. The van der Waals surface area contributed by atoms with Gasteiger partial charge in [-0.05, 0) is 59.8 Å². The van der Waals surface area contributed by atoms with Gasteiger partial charge in [0.25, 0.3) is 0 Å². The lowest BCUT2D eigenvalue weighted by molar-refractivity contribution is 0.0912. The van der Waals surface area contributed by atoms with Gasteiger partial charge in [0.1, 0.15) is 5.82 Å². The van der Waals surface area contributed by atoms with Crippen LogP contribution in [0.4, 0.5) is 4.39 Å². The third kappa shape index (κ3) is 3.21. The number of halogens is 2. The number of rotatable bonds is 3. The van der Waals surface area contributed by atoms with Crippen LogP contribution in [0.2, 0.25) is 0 Å². The van der Waals surface area contributed by atoms with E-state index in [1.54, 1.807) is 6.92 Å². The fourth-order valence-electron chi connectivity index (χ4n) is 2.42. The van der Waals surface area contributed by atoms with Crippen LogP contribution in [-0.2, 0) is 10.0 Å². The Morgan fingerprint density at radius 3 is 2.50 bits per heavy atom. The molecule has 1 aromatic carbocycles. The molecule has 0 radical (unpaired) electrons. The molecule has 1 unspecified atom stereocenters. The lowest BCUT2D eigenvalue weighted by Crippen LogP contribution is -2.40. The molecule has 0 spiro atoms. The maximum Gasteiger partial charge on any atom is 0.244 e. The monoisotopic (exact) mass is 365 g/mol. The molecule has 0 bridgehead atoms. The number of hydrogen-bond acceptors (Lipinski definition) is 3. The molecular weight excluding hydrogens is 349 g/mol. The zero-order valence-electron chi connectivity index (χ0n) is 11.1. The smallest absolute Gasteiger partial charge is 0.244 e. The summed E-state index contributed by atoms with van der Waals surface area (Å²) in [6.07, 6.45) is 0.850. The van der Waals surface area contributed by atoms with Crippen LogP contribution in [0.25, 0.3) is 0 Å². The highest BCUT2D eigenvalue weighted by molar-refractivity contribution is 9.10. The van der Waals surface area contributed by atoms with E-state index in [1.165, 1.54) is 10.4 Å². The summed E-state index contributed by atoms with van der Waals surface area (Å²) in [6, 6.07) is 3.56. The van der Waals surface area contributed by atoms with E-state index < -0.39 is 21.9 Å². The topological polar surface area (TPSA) is 57.6 Å². The van der Waals surface area contributed by atoms with Crippen LogP contribution in [-0.4, -0.2) is 37.0 Å². The standard InChI is InChI=1S/C13H17BrFNO3S/c1-9(17)10-4-6-16(7-5-10)20(18,19)13-3-2-11(15)8-12(13)14/h2-3,8-10,17H,4-7H2,1H3. The summed E-state index contributed by atoms with van der Waals surface area (Å²) < 4.78 is 39.7. The third-order valence-electron chi connectivity index (χ3n) is 3.69. The summed E-state index contributed by atoms with van der Waals surface area (Å²) in [5.41, 5.74) is 0. The summed E-state index contributed by atoms with van der Waals surface area (Å²) in [7, 11) is -3.62. The molecule has 4 nitrogen and oxygen atoms in total. The van der Waals surface area contributed by atoms with Crippen LogP contribution in [0.15, 0.2) is 27.6 Å². The van der Waals surface area contributed by atoms with E-state index in [-0.39, 0.29) is 15.3 Å². The first-order valence-corrected chi connectivity index (χ1v) is 8.69. The van der Waals surface area contributed by atoms with Crippen LogP contribution < -0.4 is 0 Å². The second-order valence-corrected chi connectivity index (χ2v) is 7.82. The SMILES string of the molecule is CC(O)C1CCN(S(=O)(=O)c2ccc(F)cc2Br)CC1. The maximum absolute atomic E-state index is 13.1. The van der Waals surface area contributed by atoms with Crippen LogP contribution in [0.1, 0.15) is 19.8 Å². The van der Waals surface area contributed by atoms with Crippen molar-refractivity contribution in [3.05, 3.63) is 28.5 Å². The number of sulfonamides is 1. The van der Waals surface area contributed by atoms with Crippen molar-refractivity contribution in [1.82, 2.24) is 4.31 Å². The zero-order chi connectivity index (χ0) is 14.9. The minimum Gasteiger partial charge on any atom is -0.393 e. The predicted molar refractivity (Wildman–Crippen MR) is 77.3 cm³/mol. The quantitative estimate of drug-likeness (QED) is 0.894. The second-order valence-electron chi connectivity index (χ2n) is 5.06. The van der Waals surface area contributed by atoms with E-state index in [4.69, 9.17) is 0 Å². The van der Waals surface area contributed by atoms with Crippen molar-refractivity contribution in [3.8, 4) is 0 Å². The first-order valence-electron chi connectivity index (χ1n) is 6.45. The molecule has 2 rings (SSSR count). The van der Waals surface area contributed by atoms with Crippen molar-refractivity contribution in [2.24, 2.45) is 5.92 Å². The number of benzene rings is 1. The molecule has 1 atom stereocenters. The molecular formula is C13H17BrFNO3S. The molecule has 0 aromatic heterocycles. The fraction of sp³-hybridized carbons (Fsp3) is 0.538. The molecule has 1 heterocycles. The highest BCUT2D eigenvalue weighted by Crippen LogP contribution is 2.29. The van der Waals surface area contributed by atoms with Gasteiger partial charge in [-0.25, -0.2) is 12.8 Å². The summed E-state index contributed by atoms with van der Waals surface area (Å²) >= 11 is 3.10. The molecule has 1 N–H and O–H groups in total. The van der Waals surface area contributed by atoms with Crippen LogP contribution in [0.3, 0.4) is 0 Å². The van der Waals surface area contributed by atoms with Crippen molar-refractivity contribution in [2.45, 2.75) is 30.8 Å². The van der Waals surface area contributed by atoms with Gasteiger partial charge in [-0.1, -0.05) is 0 Å². The Kier molecular flexibility index (Phi) is 4.84. The number of aliphatic hydroxyl groups excluding tert-OH is 1. The minimum atomic E-state index is -3.62. The van der Waals surface area contributed by atoms with Crippen LogP contribution >= 0.6 is 15.9 Å². The van der Waals surface area contributed by atoms with Crippen LogP contribution in [0.5, 0.6) is 0 Å². The number of hydrogen-bond donors (Lipinski definition) is 1. The van der Waals surface area contributed by atoms with Gasteiger partial charge >= 0.3 is 0 Å². The van der Waals surface area contributed by atoms with Crippen molar-refractivity contribution < 1.29 is 17.9 Å².